The molecule has 6 nitrogen and oxygen atoms in total. The van der Waals surface area contributed by atoms with Crippen LogP contribution in [-0.4, -0.2) is 53.4 Å². The Labute approximate surface area is 130 Å². The third-order valence-corrected chi connectivity index (χ3v) is 4.25. The Bertz CT molecular complexity index is 502. The molecule has 21 heavy (non-hydrogen) atoms. The second-order valence-corrected chi connectivity index (χ2v) is 5.68. The van der Waals surface area contributed by atoms with Gasteiger partial charge in [-0.05, 0) is 31.5 Å². The minimum Gasteiger partial charge on any atom is -0.339 e. The predicted molar refractivity (Wildman–Crippen MR) is 84.3 cm³/mol. The Morgan fingerprint density at radius 2 is 2.19 bits per heavy atom. The van der Waals surface area contributed by atoms with E-state index in [1.807, 2.05) is 7.05 Å². The lowest BCUT2D eigenvalue weighted by molar-refractivity contribution is 0.0647. The van der Waals surface area contributed by atoms with Crippen molar-refractivity contribution in [2.45, 2.75) is 25.8 Å². The summed E-state index contributed by atoms with van der Waals surface area (Å²) in [7, 11) is 1.85. The maximum absolute atomic E-state index is 12.6. The van der Waals surface area contributed by atoms with Crippen molar-refractivity contribution < 1.29 is 4.79 Å². The van der Waals surface area contributed by atoms with Gasteiger partial charge in [-0.25, -0.2) is 10.8 Å². The van der Waals surface area contributed by atoms with Gasteiger partial charge < -0.3 is 15.2 Å². The number of nitrogens with zero attached hydrogens (tertiary/aromatic N) is 3. The number of carbonyl (C=O) groups is 1. The molecule has 0 unspecified atom stereocenters. The van der Waals surface area contributed by atoms with E-state index < -0.39 is 0 Å². The molecule has 2 heterocycles. The second kappa shape index (κ2) is 7.06. The van der Waals surface area contributed by atoms with Crippen LogP contribution in [0.1, 0.15) is 30.1 Å². The molecule has 0 aromatic carbocycles. The molecule has 0 atom stereocenters. The van der Waals surface area contributed by atoms with Gasteiger partial charge in [0.25, 0.3) is 5.91 Å². The van der Waals surface area contributed by atoms with E-state index in [-0.39, 0.29) is 17.1 Å². The van der Waals surface area contributed by atoms with Crippen LogP contribution in [0.25, 0.3) is 0 Å². The molecule has 1 saturated heterocycles. The van der Waals surface area contributed by atoms with Gasteiger partial charge in [-0.15, -0.1) is 0 Å². The summed E-state index contributed by atoms with van der Waals surface area (Å²) in [5.74, 6) is 5.67. The van der Waals surface area contributed by atoms with Crippen LogP contribution < -0.4 is 11.3 Å². The molecule has 116 valence electrons. The fourth-order valence-electron chi connectivity index (χ4n) is 2.69. The van der Waals surface area contributed by atoms with Crippen LogP contribution in [0.2, 0.25) is 5.15 Å². The van der Waals surface area contributed by atoms with Gasteiger partial charge in [-0.1, -0.05) is 18.5 Å². The van der Waals surface area contributed by atoms with Gasteiger partial charge in [-0.2, -0.15) is 0 Å². The van der Waals surface area contributed by atoms with Gasteiger partial charge in [0.05, 0.1) is 0 Å². The van der Waals surface area contributed by atoms with E-state index in [1.54, 1.807) is 17.0 Å². The number of hydrazine groups is 1. The SMILES string of the molecule is CCN1CCC(N(C)C(=O)c2cc(Cl)nc(NN)c2)CC1. The fraction of sp³-hybridized carbons (Fsp3) is 0.571. The number of nitrogens with one attached hydrogen (secondary N) is 1. The zero-order valence-corrected chi connectivity index (χ0v) is 13.2. The van der Waals surface area contributed by atoms with Crippen LogP contribution in [-0.2, 0) is 0 Å². The highest BCUT2D eigenvalue weighted by molar-refractivity contribution is 6.29. The number of pyridine rings is 1. The van der Waals surface area contributed by atoms with Crippen LogP contribution in [0.5, 0.6) is 0 Å². The number of hydrogen-bond donors (Lipinski definition) is 2. The van der Waals surface area contributed by atoms with Crippen LogP contribution in [0, 0.1) is 0 Å². The van der Waals surface area contributed by atoms with Crippen LogP contribution in [0.4, 0.5) is 5.82 Å². The van der Waals surface area contributed by atoms with Gasteiger partial charge in [-0.3, -0.25) is 4.79 Å². The molecule has 0 bridgehead atoms. The Morgan fingerprint density at radius 1 is 1.52 bits per heavy atom. The van der Waals surface area contributed by atoms with Crippen molar-refractivity contribution in [3.8, 4) is 0 Å². The lowest BCUT2D eigenvalue weighted by Crippen LogP contribution is -2.45. The average Bonchev–Trinajstić information content (AvgIpc) is 2.52. The molecule has 0 spiro atoms. The van der Waals surface area contributed by atoms with E-state index in [0.717, 1.165) is 32.5 Å². The number of nitrogens with two attached hydrogens (primary N) is 1. The highest BCUT2D eigenvalue weighted by atomic mass is 35.5. The quantitative estimate of drug-likeness (QED) is 0.502. The van der Waals surface area contributed by atoms with E-state index in [9.17, 15) is 4.79 Å². The minimum absolute atomic E-state index is 0.0502. The smallest absolute Gasteiger partial charge is 0.254 e. The lowest BCUT2D eigenvalue weighted by atomic mass is 10.0. The molecule has 1 fully saturated rings. The van der Waals surface area contributed by atoms with Crippen molar-refractivity contribution in [3.05, 3.63) is 22.8 Å². The Hall–Kier alpha value is -1.37. The first kappa shape index (κ1) is 16.0. The topological polar surface area (TPSA) is 74.5 Å². The molecular weight excluding hydrogens is 290 g/mol. The predicted octanol–water partition coefficient (Wildman–Crippen LogP) is 1.58. The van der Waals surface area contributed by atoms with Crippen LogP contribution >= 0.6 is 11.6 Å². The first-order valence-electron chi connectivity index (χ1n) is 7.19. The van der Waals surface area contributed by atoms with Gasteiger partial charge in [0, 0.05) is 31.7 Å². The Kier molecular flexibility index (Phi) is 5.39. The Morgan fingerprint density at radius 3 is 2.76 bits per heavy atom. The molecule has 7 heteroatoms. The number of aromatic nitrogens is 1. The second-order valence-electron chi connectivity index (χ2n) is 5.29. The third-order valence-electron chi connectivity index (χ3n) is 4.06. The Balaban J connectivity index is 2.07. The summed E-state index contributed by atoms with van der Waals surface area (Å²) in [5, 5.41) is 0.253. The summed E-state index contributed by atoms with van der Waals surface area (Å²) < 4.78 is 0. The summed E-state index contributed by atoms with van der Waals surface area (Å²) in [5.41, 5.74) is 2.93. The number of hydrogen-bond acceptors (Lipinski definition) is 5. The average molecular weight is 312 g/mol. The van der Waals surface area contributed by atoms with E-state index in [1.165, 1.54) is 0 Å². The number of piperidine rings is 1. The van der Waals surface area contributed by atoms with E-state index >= 15 is 0 Å². The van der Waals surface area contributed by atoms with Gasteiger partial charge in [0.1, 0.15) is 11.0 Å². The molecule has 1 aromatic heterocycles. The minimum atomic E-state index is -0.0502. The van der Waals surface area contributed by atoms with Crippen LogP contribution in [0.3, 0.4) is 0 Å². The molecule has 3 N–H and O–H groups in total. The molecular formula is C14H22ClN5O. The van der Waals surface area contributed by atoms with E-state index in [0.29, 0.717) is 11.4 Å². The van der Waals surface area contributed by atoms with Crippen molar-refractivity contribution in [1.82, 2.24) is 14.8 Å². The first-order valence-corrected chi connectivity index (χ1v) is 7.56. The molecule has 1 amide bonds. The number of halogens is 1. The van der Waals surface area contributed by atoms with E-state index in [4.69, 9.17) is 17.4 Å². The van der Waals surface area contributed by atoms with Gasteiger partial charge in [0.15, 0.2) is 0 Å². The zero-order valence-electron chi connectivity index (χ0n) is 12.5. The standard InChI is InChI=1S/C14H22ClN5O/c1-3-20-6-4-11(5-7-20)19(2)14(21)10-8-12(15)17-13(9-10)18-16/h8-9,11H,3-7,16H2,1-2H3,(H,17,18). The summed E-state index contributed by atoms with van der Waals surface area (Å²) >= 11 is 5.92. The maximum Gasteiger partial charge on any atom is 0.254 e. The highest BCUT2D eigenvalue weighted by Crippen LogP contribution is 2.20. The van der Waals surface area contributed by atoms with Crippen molar-refractivity contribution in [3.63, 3.8) is 0 Å². The van der Waals surface area contributed by atoms with Crippen molar-refractivity contribution in [1.29, 1.82) is 0 Å². The number of amides is 1. The molecule has 0 saturated carbocycles. The molecule has 1 aromatic rings. The van der Waals surface area contributed by atoms with Crippen molar-refractivity contribution >= 4 is 23.3 Å². The number of likely N-dealkylation sites (tertiary alicyclic amines) is 1. The number of anilines is 1. The number of rotatable bonds is 4. The summed E-state index contributed by atoms with van der Waals surface area (Å²) in [6.07, 6.45) is 1.99. The molecule has 2 rings (SSSR count). The highest BCUT2D eigenvalue weighted by Gasteiger charge is 2.25. The normalized spacial score (nSPS) is 16.8. The third kappa shape index (κ3) is 3.84. The van der Waals surface area contributed by atoms with Crippen molar-refractivity contribution in [2.75, 3.05) is 32.1 Å². The van der Waals surface area contributed by atoms with Gasteiger partial charge >= 0.3 is 0 Å². The zero-order chi connectivity index (χ0) is 15.4. The van der Waals surface area contributed by atoms with E-state index in [2.05, 4.69) is 22.2 Å². The lowest BCUT2D eigenvalue weighted by Gasteiger charge is -2.36. The fourth-order valence-corrected chi connectivity index (χ4v) is 2.90. The van der Waals surface area contributed by atoms with Gasteiger partial charge in [0.2, 0.25) is 0 Å². The molecule has 0 aliphatic carbocycles. The van der Waals surface area contributed by atoms with Crippen molar-refractivity contribution in [2.24, 2.45) is 5.84 Å². The summed E-state index contributed by atoms with van der Waals surface area (Å²) in [6, 6.07) is 3.45. The van der Waals surface area contributed by atoms with Crippen LogP contribution in [0.15, 0.2) is 12.1 Å². The molecule has 1 aliphatic heterocycles. The first-order chi connectivity index (χ1) is 10.0. The maximum atomic E-state index is 12.6. The summed E-state index contributed by atoms with van der Waals surface area (Å²) in [4.78, 5) is 20.8. The monoisotopic (exact) mass is 311 g/mol. The largest absolute Gasteiger partial charge is 0.339 e. The summed E-state index contributed by atoms with van der Waals surface area (Å²) in [6.45, 7) is 5.29. The molecule has 1 aliphatic rings. The number of carbonyl (C=O) groups excluding carboxylic acids is 1. The molecule has 0 radical (unpaired) electrons. The number of nitrogen functional groups attached to an aromatic ring is 1.